The molecule has 1 aliphatic rings. The van der Waals surface area contributed by atoms with E-state index in [0.29, 0.717) is 55.1 Å². The van der Waals surface area contributed by atoms with Crippen molar-refractivity contribution in [1.82, 2.24) is 19.9 Å². The first-order valence-corrected chi connectivity index (χ1v) is 14.5. The number of amides is 2. The van der Waals surface area contributed by atoms with E-state index in [2.05, 4.69) is 21.1 Å². The molecule has 2 aromatic carbocycles. The summed E-state index contributed by atoms with van der Waals surface area (Å²) in [5.74, 6) is 0.793. The lowest BCUT2D eigenvalue weighted by atomic mass is 10.0. The van der Waals surface area contributed by atoms with Gasteiger partial charge in [0.15, 0.2) is 0 Å². The second-order valence-corrected chi connectivity index (χ2v) is 11.2. The van der Waals surface area contributed by atoms with E-state index in [-0.39, 0.29) is 17.7 Å². The number of fused-ring (bicyclic) bond motifs is 2. The number of carbonyl (C=O) groups is 2. The fourth-order valence-electron chi connectivity index (χ4n) is 5.58. The molecule has 0 spiro atoms. The maximum absolute atomic E-state index is 14.5. The number of pyridine rings is 1. The van der Waals surface area contributed by atoms with Gasteiger partial charge in [0.1, 0.15) is 5.75 Å². The number of aromatic nitrogens is 2. The van der Waals surface area contributed by atoms with E-state index < -0.39 is 0 Å². The smallest absolute Gasteiger partial charge is 0.259 e. The Morgan fingerprint density at radius 1 is 1.02 bits per heavy atom. The Kier molecular flexibility index (Phi) is 8.87. The number of aryl methyl sites for hydroxylation is 1. The van der Waals surface area contributed by atoms with Gasteiger partial charge in [0.25, 0.3) is 11.6 Å². The Morgan fingerprint density at radius 3 is 2.60 bits per heavy atom. The van der Waals surface area contributed by atoms with Crippen molar-refractivity contribution >= 4 is 28.6 Å². The first kappa shape index (κ1) is 29.3. The highest BCUT2D eigenvalue weighted by molar-refractivity contribution is 6.06. The predicted molar refractivity (Wildman–Crippen MR) is 163 cm³/mol. The van der Waals surface area contributed by atoms with Crippen LogP contribution in [0.3, 0.4) is 0 Å². The zero-order chi connectivity index (χ0) is 29.8. The van der Waals surface area contributed by atoms with Gasteiger partial charge in [-0.05, 0) is 54.7 Å². The fraction of sp³-hybridized carbons (Fsp3) is 0.394. The van der Waals surface area contributed by atoms with Crippen LogP contribution in [0.1, 0.15) is 66.0 Å². The molecule has 0 radical (unpaired) electrons. The van der Waals surface area contributed by atoms with E-state index in [4.69, 9.17) is 9.26 Å². The molecule has 0 unspecified atom stereocenters. The zero-order valence-corrected chi connectivity index (χ0v) is 25.1. The molecule has 0 N–H and O–H groups in total. The number of anilines is 1. The number of para-hydroxylation sites is 1. The lowest BCUT2D eigenvalue weighted by Gasteiger charge is -2.28. The molecule has 0 aliphatic carbocycles. The van der Waals surface area contributed by atoms with E-state index in [1.165, 1.54) is 0 Å². The van der Waals surface area contributed by atoms with Crippen LogP contribution in [0, 0.1) is 6.92 Å². The molecule has 5 rings (SSSR count). The Balaban J connectivity index is 1.55. The van der Waals surface area contributed by atoms with Gasteiger partial charge in [-0.25, -0.2) is 4.98 Å². The van der Waals surface area contributed by atoms with Crippen molar-refractivity contribution in [3.8, 4) is 5.75 Å². The highest BCUT2D eigenvalue weighted by Crippen LogP contribution is 2.29. The number of methoxy groups -OCH3 is 1. The monoisotopic (exact) mass is 569 g/mol. The maximum Gasteiger partial charge on any atom is 0.259 e. The van der Waals surface area contributed by atoms with Gasteiger partial charge in [0.2, 0.25) is 5.91 Å². The van der Waals surface area contributed by atoms with E-state index >= 15 is 0 Å². The summed E-state index contributed by atoms with van der Waals surface area (Å²) in [7, 11) is 1.67. The second-order valence-electron chi connectivity index (χ2n) is 11.2. The average molecular weight is 570 g/mol. The molecule has 0 fully saturated rings. The largest absolute Gasteiger partial charge is 0.497 e. The summed E-state index contributed by atoms with van der Waals surface area (Å²) < 4.78 is 11.0. The van der Waals surface area contributed by atoms with Crippen LogP contribution in [0.25, 0.3) is 11.1 Å². The summed E-state index contributed by atoms with van der Waals surface area (Å²) in [5.41, 5.74) is 5.23. The molecule has 42 heavy (non-hydrogen) atoms. The summed E-state index contributed by atoms with van der Waals surface area (Å²) >= 11 is 0. The molecule has 9 heteroatoms. The molecular formula is C33H39N5O4. The average Bonchev–Trinajstić information content (AvgIpc) is 3.35. The van der Waals surface area contributed by atoms with E-state index in [9.17, 15) is 9.59 Å². The second kappa shape index (κ2) is 12.7. The minimum absolute atomic E-state index is 0.0172. The van der Waals surface area contributed by atoms with Crippen molar-refractivity contribution in [2.45, 2.75) is 53.1 Å². The van der Waals surface area contributed by atoms with Gasteiger partial charge in [-0.3, -0.25) is 14.5 Å². The van der Waals surface area contributed by atoms with Gasteiger partial charge >= 0.3 is 0 Å². The summed E-state index contributed by atoms with van der Waals surface area (Å²) in [5, 5.41) is 4.77. The standard InChI is InChI=1S/C33H39N5O4/c1-22(2)29-19-28(31-23(3)35-42-32(31)34-29)33(40)37-17-16-36(20-25-10-8-12-27(18-25)41-5)14-9-15-38(24(4)39)30-13-7-6-11-26(30)21-37/h6-8,10-13,18-19,22H,9,14-17,20-21H2,1-5H3. The molecule has 0 bridgehead atoms. The SMILES string of the molecule is COc1cccc(CN2CCCN(C(C)=O)c3ccccc3CN(C(=O)c3cc(C(C)C)nc4onc(C)c34)CC2)c1. The van der Waals surface area contributed by atoms with Gasteiger partial charge in [-0.2, -0.15) is 0 Å². The number of hydrogen-bond acceptors (Lipinski definition) is 7. The Bertz CT molecular complexity index is 1580. The lowest BCUT2D eigenvalue weighted by molar-refractivity contribution is -0.116. The molecule has 1 aliphatic heterocycles. The summed E-state index contributed by atoms with van der Waals surface area (Å²) in [6.07, 6.45) is 0.800. The fourth-order valence-corrected chi connectivity index (χ4v) is 5.58. The summed E-state index contributed by atoms with van der Waals surface area (Å²) in [4.78, 5) is 38.0. The van der Waals surface area contributed by atoms with Gasteiger partial charge < -0.3 is 19.1 Å². The minimum Gasteiger partial charge on any atom is -0.497 e. The molecule has 3 heterocycles. The predicted octanol–water partition coefficient (Wildman–Crippen LogP) is 5.56. The molecule has 0 saturated carbocycles. The van der Waals surface area contributed by atoms with Crippen molar-refractivity contribution in [1.29, 1.82) is 0 Å². The molecular weight excluding hydrogens is 530 g/mol. The normalized spacial score (nSPS) is 15.0. The maximum atomic E-state index is 14.5. The van der Waals surface area contributed by atoms with Crippen LogP contribution in [0.15, 0.2) is 59.1 Å². The highest BCUT2D eigenvalue weighted by Gasteiger charge is 2.27. The van der Waals surface area contributed by atoms with Crippen LogP contribution >= 0.6 is 0 Å². The number of ether oxygens (including phenoxy) is 1. The van der Waals surface area contributed by atoms with Crippen molar-refractivity contribution in [2.75, 3.05) is 38.2 Å². The Labute approximate surface area is 247 Å². The van der Waals surface area contributed by atoms with Crippen molar-refractivity contribution in [3.63, 3.8) is 0 Å². The lowest BCUT2D eigenvalue weighted by Crippen LogP contribution is -2.38. The number of nitrogens with zero attached hydrogens (tertiary/aromatic N) is 5. The van der Waals surface area contributed by atoms with Crippen molar-refractivity contribution < 1.29 is 18.8 Å². The molecule has 4 aromatic rings. The van der Waals surface area contributed by atoms with Gasteiger partial charge in [0, 0.05) is 57.6 Å². The number of benzene rings is 2. The van der Waals surface area contributed by atoms with Crippen LogP contribution in [-0.4, -0.2) is 65.0 Å². The highest BCUT2D eigenvalue weighted by atomic mass is 16.5. The molecule has 220 valence electrons. The number of carbonyl (C=O) groups excluding carboxylic acids is 2. The molecule has 2 amide bonds. The minimum atomic E-state index is -0.111. The zero-order valence-electron chi connectivity index (χ0n) is 25.1. The van der Waals surface area contributed by atoms with Crippen molar-refractivity contribution in [2.24, 2.45) is 0 Å². The molecule has 0 atom stereocenters. The number of rotatable bonds is 5. The quantitative estimate of drug-likeness (QED) is 0.311. The van der Waals surface area contributed by atoms with Crippen LogP contribution in [-0.2, 0) is 17.9 Å². The Hall–Kier alpha value is -4.24. The van der Waals surface area contributed by atoms with Crippen LogP contribution < -0.4 is 9.64 Å². The van der Waals surface area contributed by atoms with E-state index in [1.54, 1.807) is 14.0 Å². The third-order valence-electron chi connectivity index (χ3n) is 7.85. The van der Waals surface area contributed by atoms with Crippen LogP contribution in [0.5, 0.6) is 5.75 Å². The molecule has 2 aromatic heterocycles. The first-order chi connectivity index (χ1) is 20.2. The topological polar surface area (TPSA) is 92.0 Å². The third-order valence-corrected chi connectivity index (χ3v) is 7.85. The van der Waals surface area contributed by atoms with Gasteiger partial charge in [-0.1, -0.05) is 49.3 Å². The van der Waals surface area contributed by atoms with E-state index in [1.807, 2.05) is 79.1 Å². The first-order valence-electron chi connectivity index (χ1n) is 14.5. The molecule has 9 nitrogen and oxygen atoms in total. The van der Waals surface area contributed by atoms with Crippen LogP contribution in [0.4, 0.5) is 5.69 Å². The molecule has 0 saturated heterocycles. The summed E-state index contributed by atoms with van der Waals surface area (Å²) in [6.45, 7) is 11.1. The summed E-state index contributed by atoms with van der Waals surface area (Å²) in [6, 6.07) is 17.8. The van der Waals surface area contributed by atoms with E-state index in [0.717, 1.165) is 41.2 Å². The van der Waals surface area contributed by atoms with Crippen LogP contribution in [0.2, 0.25) is 0 Å². The van der Waals surface area contributed by atoms with Gasteiger partial charge in [0.05, 0.1) is 23.8 Å². The van der Waals surface area contributed by atoms with Gasteiger partial charge in [-0.15, -0.1) is 0 Å². The number of hydrogen-bond donors (Lipinski definition) is 0. The third kappa shape index (κ3) is 6.31. The van der Waals surface area contributed by atoms with Crippen molar-refractivity contribution in [3.05, 3.63) is 82.7 Å². The Morgan fingerprint density at radius 2 is 1.83 bits per heavy atom.